The SMILES string of the molecule is C=C(O)C(C(C)(C)N)C(C)(C)C(C)(C)C(c1ccccc1)C(C)C. The highest BCUT2D eigenvalue weighted by Crippen LogP contribution is 2.57. The van der Waals surface area contributed by atoms with Gasteiger partial charge in [-0.3, -0.25) is 0 Å². The van der Waals surface area contributed by atoms with E-state index in [-0.39, 0.29) is 22.5 Å². The van der Waals surface area contributed by atoms with Gasteiger partial charge in [-0.1, -0.05) is 78.5 Å². The molecule has 136 valence electrons. The van der Waals surface area contributed by atoms with E-state index in [1.54, 1.807) is 0 Å². The molecule has 2 heteroatoms. The second kappa shape index (κ2) is 6.92. The zero-order chi connectivity index (χ0) is 18.9. The van der Waals surface area contributed by atoms with Gasteiger partial charge in [-0.2, -0.15) is 0 Å². The van der Waals surface area contributed by atoms with E-state index >= 15 is 0 Å². The molecule has 3 N–H and O–H groups in total. The number of aliphatic hydroxyl groups is 1. The first-order valence-corrected chi connectivity index (χ1v) is 8.96. The fourth-order valence-electron chi connectivity index (χ4n) is 4.84. The Bertz CT molecular complexity index is 549. The summed E-state index contributed by atoms with van der Waals surface area (Å²) >= 11 is 0. The van der Waals surface area contributed by atoms with E-state index in [4.69, 9.17) is 5.73 Å². The summed E-state index contributed by atoms with van der Waals surface area (Å²) in [5.74, 6) is 0.786. The molecule has 0 saturated carbocycles. The lowest BCUT2D eigenvalue weighted by Gasteiger charge is -2.55. The summed E-state index contributed by atoms with van der Waals surface area (Å²) in [5, 5.41) is 10.4. The van der Waals surface area contributed by atoms with Gasteiger partial charge < -0.3 is 10.8 Å². The third-order valence-electron chi connectivity index (χ3n) is 6.06. The first-order chi connectivity index (χ1) is 10.7. The molecule has 0 saturated heterocycles. The Kier molecular flexibility index (Phi) is 5.98. The van der Waals surface area contributed by atoms with Crippen molar-refractivity contribution in [3.63, 3.8) is 0 Å². The summed E-state index contributed by atoms with van der Waals surface area (Å²) in [6.07, 6.45) is 0. The zero-order valence-corrected chi connectivity index (χ0v) is 16.9. The molecule has 0 aliphatic rings. The maximum Gasteiger partial charge on any atom is 0.0905 e. The van der Waals surface area contributed by atoms with Crippen LogP contribution in [0.1, 0.15) is 66.9 Å². The summed E-state index contributed by atoms with van der Waals surface area (Å²) in [6, 6.07) is 10.7. The molecule has 0 aliphatic carbocycles. The Balaban J connectivity index is 3.49. The molecule has 2 unspecified atom stereocenters. The van der Waals surface area contributed by atoms with E-state index in [2.05, 4.69) is 78.5 Å². The van der Waals surface area contributed by atoms with Crippen LogP contribution in [0, 0.1) is 22.7 Å². The number of hydrogen-bond donors (Lipinski definition) is 2. The highest BCUT2D eigenvalue weighted by atomic mass is 16.3. The Hall–Kier alpha value is -1.28. The van der Waals surface area contributed by atoms with Crippen LogP contribution in [-0.2, 0) is 0 Å². The maximum absolute atomic E-state index is 10.4. The predicted molar refractivity (Wildman–Crippen MR) is 105 cm³/mol. The van der Waals surface area contributed by atoms with Crippen LogP contribution in [0.4, 0.5) is 0 Å². The van der Waals surface area contributed by atoms with Crippen LogP contribution >= 0.6 is 0 Å². The lowest BCUT2D eigenvalue weighted by Crippen LogP contribution is -2.55. The second-order valence-electron chi connectivity index (χ2n) is 9.32. The van der Waals surface area contributed by atoms with Crippen LogP contribution < -0.4 is 5.73 Å². The molecule has 1 rings (SSSR count). The monoisotopic (exact) mass is 331 g/mol. The molecule has 0 heterocycles. The van der Waals surface area contributed by atoms with E-state index in [1.807, 2.05) is 13.8 Å². The Morgan fingerprint density at radius 1 is 0.958 bits per heavy atom. The number of benzene rings is 1. The van der Waals surface area contributed by atoms with Gasteiger partial charge in [0.15, 0.2) is 0 Å². The van der Waals surface area contributed by atoms with Crippen molar-refractivity contribution < 1.29 is 5.11 Å². The van der Waals surface area contributed by atoms with Crippen LogP contribution in [0.3, 0.4) is 0 Å². The van der Waals surface area contributed by atoms with Gasteiger partial charge in [0.1, 0.15) is 0 Å². The highest BCUT2D eigenvalue weighted by molar-refractivity contribution is 5.25. The summed E-state index contributed by atoms with van der Waals surface area (Å²) in [4.78, 5) is 0. The van der Waals surface area contributed by atoms with Crippen molar-refractivity contribution in [1.82, 2.24) is 0 Å². The minimum atomic E-state index is -0.551. The lowest BCUT2D eigenvalue weighted by atomic mass is 9.50. The minimum absolute atomic E-state index is 0.102. The summed E-state index contributed by atoms with van der Waals surface area (Å²) < 4.78 is 0. The van der Waals surface area contributed by atoms with Crippen molar-refractivity contribution in [1.29, 1.82) is 0 Å². The lowest BCUT2D eigenvalue weighted by molar-refractivity contribution is -0.0244. The van der Waals surface area contributed by atoms with Gasteiger partial charge in [0.2, 0.25) is 0 Å². The van der Waals surface area contributed by atoms with Gasteiger partial charge in [-0.25, -0.2) is 0 Å². The summed E-state index contributed by atoms with van der Waals surface area (Å²) in [6.45, 7) is 21.4. The summed E-state index contributed by atoms with van der Waals surface area (Å²) in [5.41, 5.74) is 6.89. The van der Waals surface area contributed by atoms with Crippen molar-refractivity contribution >= 4 is 0 Å². The maximum atomic E-state index is 10.4. The molecule has 2 atom stereocenters. The normalized spacial score (nSPS) is 16.1. The smallest absolute Gasteiger partial charge is 0.0905 e. The molecule has 1 aromatic carbocycles. The van der Waals surface area contributed by atoms with Crippen molar-refractivity contribution in [3.05, 3.63) is 48.2 Å². The first-order valence-electron chi connectivity index (χ1n) is 8.96. The molecule has 0 amide bonds. The highest BCUT2D eigenvalue weighted by Gasteiger charge is 2.53. The van der Waals surface area contributed by atoms with Gasteiger partial charge in [0, 0.05) is 11.5 Å². The largest absolute Gasteiger partial charge is 0.513 e. The molecule has 0 aliphatic heterocycles. The molecule has 24 heavy (non-hydrogen) atoms. The van der Waals surface area contributed by atoms with Gasteiger partial charge >= 0.3 is 0 Å². The predicted octanol–water partition coefficient (Wildman–Crippen LogP) is 5.90. The third-order valence-corrected chi connectivity index (χ3v) is 6.06. The van der Waals surface area contributed by atoms with Crippen LogP contribution in [-0.4, -0.2) is 10.6 Å². The minimum Gasteiger partial charge on any atom is -0.513 e. The number of hydrogen-bond acceptors (Lipinski definition) is 2. The van der Waals surface area contributed by atoms with Crippen molar-refractivity contribution in [2.75, 3.05) is 0 Å². The molecule has 2 nitrogen and oxygen atoms in total. The van der Waals surface area contributed by atoms with Crippen LogP contribution in [0.5, 0.6) is 0 Å². The average Bonchev–Trinajstić information content (AvgIpc) is 2.35. The Morgan fingerprint density at radius 2 is 1.42 bits per heavy atom. The average molecular weight is 332 g/mol. The van der Waals surface area contributed by atoms with Crippen LogP contribution in [0.15, 0.2) is 42.7 Å². The molecule has 1 aromatic rings. The Morgan fingerprint density at radius 3 is 1.75 bits per heavy atom. The number of nitrogens with two attached hydrogens (primary N) is 1. The number of rotatable bonds is 7. The molecular weight excluding hydrogens is 294 g/mol. The molecule has 0 radical (unpaired) electrons. The fraction of sp³-hybridized carbons (Fsp3) is 0.636. The summed E-state index contributed by atoms with van der Waals surface area (Å²) in [7, 11) is 0. The van der Waals surface area contributed by atoms with Crippen molar-refractivity contribution in [3.8, 4) is 0 Å². The Labute approximate surface area is 149 Å². The van der Waals surface area contributed by atoms with E-state index in [9.17, 15) is 5.11 Å². The number of aliphatic hydroxyl groups excluding tert-OH is 1. The molecule has 0 fully saturated rings. The van der Waals surface area contributed by atoms with Crippen molar-refractivity contribution in [2.24, 2.45) is 28.4 Å². The second-order valence-corrected chi connectivity index (χ2v) is 9.32. The molecule has 0 aromatic heterocycles. The quantitative estimate of drug-likeness (QED) is 0.611. The van der Waals surface area contributed by atoms with Gasteiger partial charge in [0.05, 0.1) is 5.76 Å². The molecular formula is C22H37NO. The fourth-order valence-corrected chi connectivity index (χ4v) is 4.84. The van der Waals surface area contributed by atoms with Gasteiger partial charge in [-0.05, 0) is 42.1 Å². The first kappa shape index (κ1) is 20.8. The van der Waals surface area contributed by atoms with E-state index in [0.29, 0.717) is 11.8 Å². The van der Waals surface area contributed by atoms with Crippen LogP contribution in [0.25, 0.3) is 0 Å². The van der Waals surface area contributed by atoms with Crippen molar-refractivity contribution in [2.45, 2.75) is 66.8 Å². The molecule has 0 spiro atoms. The van der Waals surface area contributed by atoms with E-state index in [1.165, 1.54) is 5.56 Å². The molecule has 0 bridgehead atoms. The van der Waals surface area contributed by atoms with E-state index < -0.39 is 5.54 Å². The topological polar surface area (TPSA) is 46.2 Å². The third kappa shape index (κ3) is 3.85. The van der Waals surface area contributed by atoms with Gasteiger partial charge in [0.25, 0.3) is 0 Å². The standard InChI is InChI=1S/C22H37NO/c1-15(2)18(17-13-11-10-12-14-17)20(4,5)21(6,7)19(16(3)24)22(8,9)23/h10-15,18-19,24H,3,23H2,1-2,4-9H3. The van der Waals surface area contributed by atoms with Gasteiger partial charge in [-0.15, -0.1) is 0 Å². The zero-order valence-electron chi connectivity index (χ0n) is 16.9. The van der Waals surface area contributed by atoms with Crippen LogP contribution in [0.2, 0.25) is 0 Å². The van der Waals surface area contributed by atoms with E-state index in [0.717, 1.165) is 0 Å².